The number of carboxylic acid groups (broad SMARTS) is 1. The Morgan fingerprint density at radius 3 is 2.24 bits per heavy atom. The van der Waals surface area contributed by atoms with Crippen molar-refractivity contribution in [2.24, 2.45) is 17.3 Å². The molecule has 0 bridgehead atoms. The number of aliphatic carboxylic acids is 1. The average Bonchev–Trinajstić information content (AvgIpc) is 2.33. The highest BCUT2D eigenvalue weighted by atomic mass is 16.4. The van der Waals surface area contributed by atoms with E-state index in [1.807, 2.05) is 34.6 Å². The van der Waals surface area contributed by atoms with E-state index in [2.05, 4.69) is 17.6 Å². The van der Waals surface area contributed by atoms with Gasteiger partial charge in [-0.2, -0.15) is 0 Å². The van der Waals surface area contributed by atoms with Crippen LogP contribution in [-0.2, 0) is 9.59 Å². The van der Waals surface area contributed by atoms with Crippen molar-refractivity contribution in [3.05, 3.63) is 0 Å². The molecular weight excluding hydrogens is 268 g/mol. The molecule has 0 heterocycles. The summed E-state index contributed by atoms with van der Waals surface area (Å²) in [6, 6.07) is 0.0268. The first kappa shape index (κ1) is 18.0. The van der Waals surface area contributed by atoms with Gasteiger partial charge in [0.2, 0.25) is 5.91 Å². The van der Waals surface area contributed by atoms with E-state index in [1.54, 1.807) is 0 Å². The maximum atomic E-state index is 12.0. The van der Waals surface area contributed by atoms with E-state index in [-0.39, 0.29) is 41.3 Å². The van der Waals surface area contributed by atoms with Crippen LogP contribution in [0.3, 0.4) is 0 Å². The van der Waals surface area contributed by atoms with Crippen LogP contribution >= 0.6 is 0 Å². The Bertz CT molecular complexity index is 393. The highest BCUT2D eigenvalue weighted by molar-refractivity contribution is 5.81. The molecule has 0 spiro atoms. The smallest absolute Gasteiger partial charge is 0.307 e. The summed E-state index contributed by atoms with van der Waals surface area (Å²) in [4.78, 5) is 23.4. The highest BCUT2D eigenvalue weighted by Gasteiger charge is 2.46. The lowest BCUT2D eigenvalue weighted by atomic mass is 9.61. The lowest BCUT2D eigenvalue weighted by molar-refractivity contribution is -0.150. The first-order valence-corrected chi connectivity index (χ1v) is 7.86. The molecule has 0 radical (unpaired) electrons. The molecular formula is C16H30N2O3. The molecule has 1 amide bonds. The van der Waals surface area contributed by atoms with Crippen molar-refractivity contribution in [1.82, 2.24) is 10.6 Å². The zero-order valence-electron chi connectivity index (χ0n) is 14.1. The highest BCUT2D eigenvalue weighted by Crippen LogP contribution is 2.45. The Kier molecular flexibility index (Phi) is 5.79. The van der Waals surface area contributed by atoms with Crippen LogP contribution in [0.15, 0.2) is 0 Å². The number of rotatable bonds is 5. The number of carboxylic acids is 1. The molecule has 1 aliphatic carbocycles. The zero-order chi connectivity index (χ0) is 16.4. The third-order valence-electron chi connectivity index (χ3n) is 5.03. The largest absolute Gasteiger partial charge is 0.481 e. The minimum absolute atomic E-state index is 0.00429. The summed E-state index contributed by atoms with van der Waals surface area (Å²) >= 11 is 0. The van der Waals surface area contributed by atoms with E-state index in [1.165, 1.54) is 0 Å². The molecule has 4 unspecified atom stereocenters. The van der Waals surface area contributed by atoms with Crippen LogP contribution in [0, 0.1) is 17.3 Å². The lowest BCUT2D eigenvalue weighted by Crippen LogP contribution is -2.56. The van der Waals surface area contributed by atoms with Crippen LogP contribution in [0.5, 0.6) is 0 Å². The number of carbonyl (C=O) groups is 2. The molecule has 21 heavy (non-hydrogen) atoms. The van der Waals surface area contributed by atoms with Gasteiger partial charge in [0.1, 0.15) is 0 Å². The minimum atomic E-state index is -0.712. The zero-order valence-corrected chi connectivity index (χ0v) is 14.1. The van der Waals surface area contributed by atoms with Crippen LogP contribution in [0.1, 0.15) is 54.4 Å². The second kappa shape index (κ2) is 6.77. The van der Waals surface area contributed by atoms with E-state index in [0.29, 0.717) is 6.42 Å². The van der Waals surface area contributed by atoms with Gasteiger partial charge in [-0.15, -0.1) is 0 Å². The summed E-state index contributed by atoms with van der Waals surface area (Å²) in [6.07, 6.45) is 1.45. The second-order valence-electron chi connectivity index (χ2n) is 7.24. The number of hydrogen-bond acceptors (Lipinski definition) is 3. The first-order valence-electron chi connectivity index (χ1n) is 7.86. The fraction of sp³-hybridized carbons (Fsp3) is 0.875. The van der Waals surface area contributed by atoms with Gasteiger partial charge in [0.05, 0.1) is 12.0 Å². The van der Waals surface area contributed by atoms with Gasteiger partial charge in [-0.05, 0) is 44.9 Å². The SMILES string of the molecule is CC(C)NC(=O)C(C)NC1CCC(C(=O)O)C(C)(C)C1C. The van der Waals surface area contributed by atoms with Gasteiger partial charge in [0.25, 0.3) is 0 Å². The molecule has 4 atom stereocenters. The molecule has 5 nitrogen and oxygen atoms in total. The predicted octanol–water partition coefficient (Wildman–Crippen LogP) is 2.01. The van der Waals surface area contributed by atoms with Gasteiger partial charge in [0.15, 0.2) is 0 Å². The quantitative estimate of drug-likeness (QED) is 0.725. The van der Waals surface area contributed by atoms with Gasteiger partial charge >= 0.3 is 5.97 Å². The maximum absolute atomic E-state index is 12.0. The summed E-state index contributed by atoms with van der Waals surface area (Å²) in [6.45, 7) is 11.9. The minimum Gasteiger partial charge on any atom is -0.481 e. The summed E-state index contributed by atoms with van der Waals surface area (Å²) in [5.74, 6) is -0.835. The van der Waals surface area contributed by atoms with Gasteiger partial charge in [0, 0.05) is 12.1 Å². The average molecular weight is 298 g/mol. The van der Waals surface area contributed by atoms with Crippen molar-refractivity contribution in [3.8, 4) is 0 Å². The summed E-state index contributed by atoms with van der Waals surface area (Å²) in [5, 5.41) is 15.6. The van der Waals surface area contributed by atoms with Gasteiger partial charge in [-0.25, -0.2) is 0 Å². The summed E-state index contributed by atoms with van der Waals surface area (Å²) < 4.78 is 0. The van der Waals surface area contributed by atoms with Crippen molar-refractivity contribution in [2.45, 2.75) is 72.5 Å². The Morgan fingerprint density at radius 1 is 1.19 bits per heavy atom. The van der Waals surface area contributed by atoms with E-state index in [9.17, 15) is 14.7 Å². The normalized spacial score (nSPS) is 30.0. The lowest BCUT2D eigenvalue weighted by Gasteiger charge is -2.47. The second-order valence-corrected chi connectivity index (χ2v) is 7.24. The fourth-order valence-electron chi connectivity index (χ4n) is 3.28. The van der Waals surface area contributed by atoms with Crippen LogP contribution in [-0.4, -0.2) is 35.1 Å². The third kappa shape index (κ3) is 4.19. The molecule has 3 N–H and O–H groups in total. The monoisotopic (exact) mass is 298 g/mol. The molecule has 1 fully saturated rings. The first-order chi connectivity index (χ1) is 9.57. The van der Waals surface area contributed by atoms with Gasteiger partial charge in [-0.3, -0.25) is 9.59 Å². The van der Waals surface area contributed by atoms with Crippen molar-refractivity contribution in [2.75, 3.05) is 0 Å². The topological polar surface area (TPSA) is 78.4 Å². The van der Waals surface area contributed by atoms with Crippen molar-refractivity contribution in [3.63, 3.8) is 0 Å². The van der Waals surface area contributed by atoms with Gasteiger partial charge < -0.3 is 15.7 Å². The Hall–Kier alpha value is -1.10. The van der Waals surface area contributed by atoms with Crippen LogP contribution in [0.2, 0.25) is 0 Å². The molecule has 0 aromatic heterocycles. The van der Waals surface area contributed by atoms with Crippen molar-refractivity contribution in [1.29, 1.82) is 0 Å². The van der Waals surface area contributed by atoms with E-state index < -0.39 is 5.97 Å². The summed E-state index contributed by atoms with van der Waals surface area (Å²) in [7, 11) is 0. The maximum Gasteiger partial charge on any atom is 0.307 e. The van der Waals surface area contributed by atoms with E-state index in [4.69, 9.17) is 0 Å². The van der Waals surface area contributed by atoms with E-state index >= 15 is 0 Å². The Morgan fingerprint density at radius 2 is 1.76 bits per heavy atom. The van der Waals surface area contributed by atoms with Crippen LogP contribution < -0.4 is 10.6 Å². The molecule has 0 saturated heterocycles. The van der Waals surface area contributed by atoms with E-state index in [0.717, 1.165) is 6.42 Å². The molecule has 0 aromatic carbocycles. The fourth-order valence-corrected chi connectivity index (χ4v) is 3.28. The molecule has 1 saturated carbocycles. The van der Waals surface area contributed by atoms with Crippen LogP contribution in [0.4, 0.5) is 0 Å². The number of carbonyl (C=O) groups excluding carboxylic acids is 1. The molecule has 0 aliphatic heterocycles. The number of nitrogens with one attached hydrogen (secondary N) is 2. The molecule has 1 rings (SSSR count). The Balaban J connectivity index is 2.70. The molecule has 122 valence electrons. The Labute approximate surface area is 127 Å². The van der Waals surface area contributed by atoms with Crippen molar-refractivity contribution < 1.29 is 14.7 Å². The third-order valence-corrected chi connectivity index (χ3v) is 5.03. The predicted molar refractivity (Wildman–Crippen MR) is 83.0 cm³/mol. The van der Waals surface area contributed by atoms with Gasteiger partial charge in [-0.1, -0.05) is 20.8 Å². The molecule has 0 aromatic rings. The standard InChI is InChI=1S/C16H30N2O3/c1-9(2)17-14(19)11(4)18-13-8-7-12(15(20)21)16(5,6)10(13)3/h9-13,18H,7-8H2,1-6H3,(H,17,19)(H,20,21). The van der Waals surface area contributed by atoms with Crippen molar-refractivity contribution >= 4 is 11.9 Å². The summed E-state index contributed by atoms with van der Waals surface area (Å²) in [5.41, 5.74) is -0.282. The number of hydrogen-bond donors (Lipinski definition) is 3. The number of amides is 1. The molecule has 5 heteroatoms. The van der Waals surface area contributed by atoms with Crippen LogP contribution in [0.25, 0.3) is 0 Å². The molecule has 1 aliphatic rings.